The monoisotopic (exact) mass is 444 g/mol. The van der Waals surface area contributed by atoms with E-state index in [4.69, 9.17) is 9.47 Å². The van der Waals surface area contributed by atoms with E-state index in [9.17, 15) is 14.7 Å². The zero-order valence-electron chi connectivity index (χ0n) is 20.5. The van der Waals surface area contributed by atoms with E-state index in [0.717, 1.165) is 32.4 Å². The lowest BCUT2D eigenvalue weighted by Gasteiger charge is -2.22. The number of nitrogens with zero attached hydrogens (tertiary/aromatic N) is 1. The topological polar surface area (TPSA) is 88.1 Å². The molecule has 0 aromatic carbocycles. The van der Waals surface area contributed by atoms with Gasteiger partial charge in [0.1, 0.15) is 5.60 Å². The number of ether oxygens (including phenoxy) is 2. The molecular formula is C24H48N2O5. The first-order valence-corrected chi connectivity index (χ1v) is 12.2. The van der Waals surface area contributed by atoms with E-state index in [1.807, 2.05) is 20.8 Å². The number of esters is 1. The molecule has 0 aromatic rings. The van der Waals surface area contributed by atoms with Gasteiger partial charge in [-0.05, 0) is 53.1 Å². The Morgan fingerprint density at radius 3 is 2.10 bits per heavy atom. The number of amides is 1. The van der Waals surface area contributed by atoms with Gasteiger partial charge in [0.2, 0.25) is 0 Å². The Kier molecular flexibility index (Phi) is 18.5. The number of hydrogen-bond acceptors (Lipinski definition) is 6. The number of aliphatic hydroxyl groups is 1. The predicted molar refractivity (Wildman–Crippen MR) is 125 cm³/mol. The molecule has 0 heterocycles. The van der Waals surface area contributed by atoms with Crippen molar-refractivity contribution in [3.05, 3.63) is 0 Å². The van der Waals surface area contributed by atoms with E-state index < -0.39 is 11.7 Å². The highest BCUT2D eigenvalue weighted by Gasteiger charge is 2.15. The van der Waals surface area contributed by atoms with Crippen LogP contribution in [0.2, 0.25) is 0 Å². The largest absolute Gasteiger partial charge is 0.466 e. The number of hydrogen-bond donors (Lipinski definition) is 2. The average Bonchev–Trinajstić information content (AvgIpc) is 2.68. The van der Waals surface area contributed by atoms with Crippen molar-refractivity contribution in [3.8, 4) is 0 Å². The molecule has 0 radical (unpaired) electrons. The van der Waals surface area contributed by atoms with E-state index in [2.05, 4.69) is 17.1 Å². The fourth-order valence-electron chi connectivity index (χ4n) is 3.23. The van der Waals surface area contributed by atoms with Crippen molar-refractivity contribution in [2.45, 2.75) is 104 Å². The first kappa shape index (κ1) is 29.7. The van der Waals surface area contributed by atoms with Crippen LogP contribution in [0.25, 0.3) is 0 Å². The number of nitrogens with one attached hydrogen (secondary N) is 1. The fraction of sp³-hybridized carbons (Fsp3) is 0.917. The Morgan fingerprint density at radius 1 is 0.871 bits per heavy atom. The van der Waals surface area contributed by atoms with Gasteiger partial charge in [-0.15, -0.1) is 0 Å². The van der Waals surface area contributed by atoms with E-state index in [0.29, 0.717) is 32.5 Å². The van der Waals surface area contributed by atoms with E-state index in [1.54, 1.807) is 0 Å². The van der Waals surface area contributed by atoms with E-state index in [1.165, 1.54) is 38.5 Å². The highest BCUT2D eigenvalue weighted by molar-refractivity contribution is 5.69. The van der Waals surface area contributed by atoms with Crippen LogP contribution in [0.3, 0.4) is 0 Å². The number of alkyl carbamates (subject to hydrolysis) is 1. The number of aliphatic hydroxyl groups excluding tert-OH is 1. The summed E-state index contributed by atoms with van der Waals surface area (Å²) >= 11 is 0. The SMILES string of the molecule is CCCCCCCCCCOC(=O)CCCN(CCO)CCCNC(=O)OC(C)(C)C. The second-order valence-electron chi connectivity index (χ2n) is 9.15. The van der Waals surface area contributed by atoms with Gasteiger partial charge in [-0.25, -0.2) is 4.79 Å². The molecule has 0 saturated carbocycles. The van der Waals surface area contributed by atoms with Gasteiger partial charge in [0.05, 0.1) is 13.2 Å². The quantitative estimate of drug-likeness (QED) is 0.222. The van der Waals surface area contributed by atoms with Crippen LogP contribution in [0.15, 0.2) is 0 Å². The highest BCUT2D eigenvalue weighted by Crippen LogP contribution is 2.09. The van der Waals surface area contributed by atoms with Crippen LogP contribution in [0.4, 0.5) is 4.79 Å². The van der Waals surface area contributed by atoms with E-state index in [-0.39, 0.29) is 12.6 Å². The number of unbranched alkanes of at least 4 members (excludes halogenated alkanes) is 7. The molecule has 0 bridgehead atoms. The van der Waals surface area contributed by atoms with Crippen molar-refractivity contribution in [3.63, 3.8) is 0 Å². The molecular weight excluding hydrogens is 396 g/mol. The van der Waals surface area contributed by atoms with Crippen LogP contribution in [0, 0.1) is 0 Å². The maximum atomic E-state index is 11.9. The lowest BCUT2D eigenvalue weighted by Crippen LogP contribution is -2.35. The molecule has 1 amide bonds. The molecule has 2 N–H and O–H groups in total. The van der Waals surface area contributed by atoms with Crippen LogP contribution >= 0.6 is 0 Å². The summed E-state index contributed by atoms with van der Waals surface area (Å²) in [5.41, 5.74) is -0.504. The van der Waals surface area contributed by atoms with Crippen LogP contribution in [-0.4, -0.2) is 67.1 Å². The summed E-state index contributed by atoms with van der Waals surface area (Å²) in [5.74, 6) is -0.140. The molecule has 0 atom stereocenters. The molecule has 184 valence electrons. The van der Waals surface area contributed by atoms with Gasteiger partial charge in [0, 0.05) is 19.5 Å². The Morgan fingerprint density at radius 2 is 1.48 bits per heavy atom. The van der Waals surface area contributed by atoms with Crippen molar-refractivity contribution in [1.29, 1.82) is 0 Å². The third-order valence-electron chi connectivity index (χ3n) is 4.85. The van der Waals surface area contributed by atoms with E-state index >= 15 is 0 Å². The van der Waals surface area contributed by atoms with Gasteiger partial charge in [-0.3, -0.25) is 4.79 Å². The molecule has 0 saturated heterocycles. The second-order valence-corrected chi connectivity index (χ2v) is 9.15. The summed E-state index contributed by atoms with van der Waals surface area (Å²) in [6, 6.07) is 0. The number of rotatable bonds is 19. The van der Waals surface area contributed by atoms with Crippen molar-refractivity contribution in [2.24, 2.45) is 0 Å². The Balaban J connectivity index is 3.74. The average molecular weight is 445 g/mol. The molecule has 0 fully saturated rings. The Labute approximate surface area is 190 Å². The van der Waals surface area contributed by atoms with Crippen molar-refractivity contribution < 1.29 is 24.2 Å². The first-order chi connectivity index (χ1) is 14.8. The molecule has 7 nitrogen and oxygen atoms in total. The minimum Gasteiger partial charge on any atom is -0.466 e. The van der Waals surface area contributed by atoms with Gasteiger partial charge in [-0.1, -0.05) is 51.9 Å². The van der Waals surface area contributed by atoms with Gasteiger partial charge in [-0.2, -0.15) is 0 Å². The Hall–Kier alpha value is -1.34. The van der Waals surface area contributed by atoms with Crippen molar-refractivity contribution in [1.82, 2.24) is 10.2 Å². The Bertz CT molecular complexity index is 452. The van der Waals surface area contributed by atoms with Crippen molar-refractivity contribution in [2.75, 3.05) is 39.4 Å². The van der Waals surface area contributed by atoms with Crippen LogP contribution in [0.5, 0.6) is 0 Å². The number of carbonyl (C=O) groups excluding carboxylic acids is 2. The van der Waals surface area contributed by atoms with Crippen LogP contribution in [0.1, 0.15) is 98.3 Å². The first-order valence-electron chi connectivity index (χ1n) is 12.2. The molecule has 0 aromatic heterocycles. The summed E-state index contributed by atoms with van der Waals surface area (Å²) in [7, 11) is 0. The smallest absolute Gasteiger partial charge is 0.407 e. The standard InChI is InChI=1S/C24H48N2O5/c1-5-6-7-8-9-10-11-12-21-30-22(28)15-13-17-26(19-20-27)18-14-16-25-23(29)31-24(2,3)4/h27H,5-21H2,1-4H3,(H,25,29). The molecule has 0 aliphatic carbocycles. The van der Waals surface area contributed by atoms with Crippen LogP contribution < -0.4 is 5.32 Å². The zero-order chi connectivity index (χ0) is 23.4. The molecule has 0 aliphatic heterocycles. The maximum absolute atomic E-state index is 11.9. The maximum Gasteiger partial charge on any atom is 0.407 e. The normalized spacial score (nSPS) is 11.5. The summed E-state index contributed by atoms with van der Waals surface area (Å²) < 4.78 is 10.5. The minimum absolute atomic E-state index is 0.0718. The van der Waals surface area contributed by atoms with Crippen molar-refractivity contribution >= 4 is 12.1 Å². The fourth-order valence-corrected chi connectivity index (χ4v) is 3.23. The van der Waals surface area contributed by atoms with Gasteiger partial charge in [0.25, 0.3) is 0 Å². The lowest BCUT2D eigenvalue weighted by molar-refractivity contribution is -0.144. The molecule has 0 spiro atoms. The second kappa shape index (κ2) is 19.4. The van der Waals surface area contributed by atoms with Gasteiger partial charge in [0.15, 0.2) is 0 Å². The summed E-state index contributed by atoms with van der Waals surface area (Å²) in [6.45, 7) is 10.8. The molecule has 31 heavy (non-hydrogen) atoms. The zero-order valence-corrected chi connectivity index (χ0v) is 20.5. The van der Waals surface area contributed by atoms with Gasteiger partial charge >= 0.3 is 12.1 Å². The minimum atomic E-state index is -0.504. The third kappa shape index (κ3) is 21.7. The number of carbonyl (C=O) groups is 2. The predicted octanol–water partition coefficient (Wildman–Crippen LogP) is 4.66. The third-order valence-corrected chi connectivity index (χ3v) is 4.85. The molecule has 7 heteroatoms. The van der Waals surface area contributed by atoms with Gasteiger partial charge < -0.3 is 24.8 Å². The molecule has 0 aliphatic rings. The summed E-state index contributed by atoms with van der Waals surface area (Å²) in [4.78, 5) is 25.6. The van der Waals surface area contributed by atoms with Crippen LogP contribution in [-0.2, 0) is 14.3 Å². The highest BCUT2D eigenvalue weighted by atomic mass is 16.6. The molecule has 0 rings (SSSR count). The summed E-state index contributed by atoms with van der Waals surface area (Å²) in [6.07, 6.45) is 11.3. The summed E-state index contributed by atoms with van der Waals surface area (Å²) in [5, 5.41) is 12.0. The molecule has 0 unspecified atom stereocenters. The lowest BCUT2D eigenvalue weighted by atomic mass is 10.1.